The number of fused-ring (bicyclic) bond motifs is 1. The molecule has 0 radical (unpaired) electrons. The van der Waals surface area contributed by atoms with Gasteiger partial charge in [-0.3, -0.25) is 10.1 Å². The Labute approximate surface area is 156 Å². The number of thiazole rings is 1. The van der Waals surface area contributed by atoms with Gasteiger partial charge in [0.1, 0.15) is 0 Å². The Morgan fingerprint density at radius 1 is 1.08 bits per heavy atom. The van der Waals surface area contributed by atoms with Gasteiger partial charge in [0.05, 0.1) is 31.5 Å². The van der Waals surface area contributed by atoms with Crippen LogP contribution in [0.15, 0.2) is 34.8 Å². The molecule has 0 aliphatic carbocycles. The number of carbonyl (C=O) groups is 1. The Morgan fingerprint density at radius 3 is 2.36 bits per heavy atom. The largest absolute Gasteiger partial charge is 0.493 e. The first-order valence-corrected chi connectivity index (χ1v) is 8.84. The van der Waals surface area contributed by atoms with Gasteiger partial charge in [-0.1, -0.05) is 27.3 Å². The second-order valence-electron chi connectivity index (χ2n) is 5.00. The zero-order valence-corrected chi connectivity index (χ0v) is 16.2. The molecule has 130 valence electrons. The molecule has 1 amide bonds. The summed E-state index contributed by atoms with van der Waals surface area (Å²) in [5, 5.41) is 3.33. The Balaban J connectivity index is 1.91. The summed E-state index contributed by atoms with van der Waals surface area (Å²) in [5.41, 5.74) is 1.21. The smallest absolute Gasteiger partial charge is 0.257 e. The number of benzene rings is 2. The van der Waals surface area contributed by atoms with E-state index in [1.54, 1.807) is 12.1 Å². The molecule has 0 saturated heterocycles. The van der Waals surface area contributed by atoms with E-state index in [0.29, 0.717) is 27.9 Å². The molecule has 1 N–H and O–H groups in total. The topological polar surface area (TPSA) is 69.7 Å². The Hall–Kier alpha value is -2.32. The lowest BCUT2D eigenvalue weighted by Crippen LogP contribution is -2.12. The minimum Gasteiger partial charge on any atom is -0.493 e. The normalized spacial score (nSPS) is 10.6. The SMILES string of the molecule is COc1cc(C(=O)Nc2nc3ccc(Br)cc3s2)cc(OC)c1OC. The van der Waals surface area contributed by atoms with Crippen molar-refractivity contribution in [3.63, 3.8) is 0 Å². The summed E-state index contributed by atoms with van der Waals surface area (Å²) in [5.74, 6) is 0.962. The summed E-state index contributed by atoms with van der Waals surface area (Å²) in [6, 6.07) is 8.96. The highest BCUT2D eigenvalue weighted by atomic mass is 79.9. The van der Waals surface area contributed by atoms with Crippen LogP contribution in [0.3, 0.4) is 0 Å². The van der Waals surface area contributed by atoms with Crippen molar-refractivity contribution in [1.29, 1.82) is 0 Å². The van der Waals surface area contributed by atoms with Crippen molar-refractivity contribution in [2.45, 2.75) is 0 Å². The number of carbonyl (C=O) groups excluding carboxylic acids is 1. The van der Waals surface area contributed by atoms with E-state index in [1.165, 1.54) is 32.7 Å². The summed E-state index contributed by atoms with van der Waals surface area (Å²) >= 11 is 4.83. The van der Waals surface area contributed by atoms with Crippen LogP contribution in [0.2, 0.25) is 0 Å². The molecule has 1 aromatic heterocycles. The minimum absolute atomic E-state index is 0.308. The maximum atomic E-state index is 12.6. The second-order valence-corrected chi connectivity index (χ2v) is 6.95. The molecule has 8 heteroatoms. The fraction of sp³-hybridized carbons (Fsp3) is 0.176. The van der Waals surface area contributed by atoms with E-state index in [0.717, 1.165) is 14.7 Å². The average Bonchev–Trinajstić information content (AvgIpc) is 3.01. The minimum atomic E-state index is -0.308. The van der Waals surface area contributed by atoms with Gasteiger partial charge >= 0.3 is 0 Å². The molecule has 3 rings (SSSR count). The van der Waals surface area contributed by atoms with Crippen molar-refractivity contribution in [3.05, 3.63) is 40.4 Å². The van der Waals surface area contributed by atoms with Gasteiger partial charge in [-0.15, -0.1) is 0 Å². The van der Waals surface area contributed by atoms with Crippen LogP contribution < -0.4 is 19.5 Å². The summed E-state index contributed by atoms with van der Waals surface area (Å²) in [6.07, 6.45) is 0. The molecule has 0 fully saturated rings. The number of rotatable bonds is 5. The Kier molecular flexibility index (Phi) is 5.10. The lowest BCUT2D eigenvalue weighted by Gasteiger charge is -2.13. The highest BCUT2D eigenvalue weighted by Gasteiger charge is 2.18. The van der Waals surface area contributed by atoms with Crippen molar-refractivity contribution in [2.75, 3.05) is 26.6 Å². The van der Waals surface area contributed by atoms with Crippen LogP contribution in [0, 0.1) is 0 Å². The first-order valence-electron chi connectivity index (χ1n) is 7.23. The number of nitrogens with zero attached hydrogens (tertiary/aromatic N) is 1. The molecule has 0 spiro atoms. The van der Waals surface area contributed by atoms with E-state index in [2.05, 4.69) is 26.2 Å². The van der Waals surface area contributed by atoms with Gasteiger partial charge in [-0.2, -0.15) is 0 Å². The number of anilines is 1. The van der Waals surface area contributed by atoms with Gasteiger partial charge in [0.2, 0.25) is 5.75 Å². The fourth-order valence-electron chi connectivity index (χ4n) is 2.33. The zero-order valence-electron chi connectivity index (χ0n) is 13.8. The summed E-state index contributed by atoms with van der Waals surface area (Å²) in [7, 11) is 4.52. The second kappa shape index (κ2) is 7.28. The van der Waals surface area contributed by atoms with Crippen LogP contribution in [0.1, 0.15) is 10.4 Å². The van der Waals surface area contributed by atoms with Crippen molar-refractivity contribution in [1.82, 2.24) is 4.98 Å². The first-order chi connectivity index (χ1) is 12.0. The predicted molar refractivity (Wildman–Crippen MR) is 101 cm³/mol. The number of amides is 1. The number of methoxy groups -OCH3 is 3. The van der Waals surface area contributed by atoms with Gasteiger partial charge < -0.3 is 14.2 Å². The number of hydrogen-bond acceptors (Lipinski definition) is 6. The van der Waals surface area contributed by atoms with Crippen molar-refractivity contribution in [3.8, 4) is 17.2 Å². The highest BCUT2D eigenvalue weighted by molar-refractivity contribution is 9.10. The quantitative estimate of drug-likeness (QED) is 0.662. The van der Waals surface area contributed by atoms with Crippen LogP contribution >= 0.6 is 27.3 Å². The molecule has 0 saturated carbocycles. The standard InChI is InChI=1S/C17H15BrN2O4S/c1-22-12-6-9(7-13(23-2)15(12)24-3)16(21)20-17-19-11-5-4-10(18)8-14(11)25-17/h4-8H,1-3H3,(H,19,20,21). The monoisotopic (exact) mass is 422 g/mol. The molecule has 3 aromatic rings. The first kappa shape index (κ1) is 17.5. The van der Waals surface area contributed by atoms with Gasteiger partial charge in [0, 0.05) is 10.0 Å². The third-order valence-corrected chi connectivity index (χ3v) is 4.92. The molecule has 0 bridgehead atoms. The fourth-order valence-corrected chi connectivity index (χ4v) is 3.75. The maximum Gasteiger partial charge on any atom is 0.257 e. The molecule has 2 aromatic carbocycles. The molecule has 0 aliphatic rings. The molecule has 6 nitrogen and oxygen atoms in total. The number of nitrogens with one attached hydrogen (secondary N) is 1. The van der Waals surface area contributed by atoms with Gasteiger partial charge in [-0.25, -0.2) is 4.98 Å². The van der Waals surface area contributed by atoms with Crippen molar-refractivity contribution in [2.24, 2.45) is 0 Å². The van der Waals surface area contributed by atoms with E-state index in [1.807, 2.05) is 18.2 Å². The van der Waals surface area contributed by atoms with Gasteiger partial charge in [0.15, 0.2) is 16.6 Å². The van der Waals surface area contributed by atoms with Gasteiger partial charge in [-0.05, 0) is 30.3 Å². The maximum absolute atomic E-state index is 12.6. The number of halogens is 1. The van der Waals surface area contributed by atoms with Crippen LogP contribution in [-0.4, -0.2) is 32.2 Å². The van der Waals surface area contributed by atoms with E-state index >= 15 is 0 Å². The molecular weight excluding hydrogens is 408 g/mol. The lowest BCUT2D eigenvalue weighted by atomic mass is 10.1. The zero-order chi connectivity index (χ0) is 18.0. The van der Waals surface area contributed by atoms with Crippen LogP contribution in [0.4, 0.5) is 5.13 Å². The number of hydrogen-bond donors (Lipinski definition) is 1. The average molecular weight is 423 g/mol. The van der Waals surface area contributed by atoms with Crippen LogP contribution in [-0.2, 0) is 0 Å². The third kappa shape index (κ3) is 3.54. The van der Waals surface area contributed by atoms with Crippen LogP contribution in [0.25, 0.3) is 10.2 Å². The number of aromatic nitrogens is 1. The van der Waals surface area contributed by atoms with Crippen molar-refractivity contribution < 1.29 is 19.0 Å². The highest BCUT2D eigenvalue weighted by Crippen LogP contribution is 2.38. The molecule has 1 heterocycles. The lowest BCUT2D eigenvalue weighted by molar-refractivity contribution is 0.102. The Morgan fingerprint density at radius 2 is 1.76 bits per heavy atom. The van der Waals surface area contributed by atoms with Gasteiger partial charge in [0.25, 0.3) is 5.91 Å². The third-order valence-electron chi connectivity index (χ3n) is 3.50. The Bertz CT molecular complexity index is 917. The van der Waals surface area contributed by atoms with E-state index in [9.17, 15) is 4.79 Å². The molecule has 25 heavy (non-hydrogen) atoms. The van der Waals surface area contributed by atoms with E-state index < -0.39 is 0 Å². The predicted octanol–water partition coefficient (Wildman–Crippen LogP) is 4.34. The summed E-state index contributed by atoms with van der Waals surface area (Å²) in [6.45, 7) is 0. The van der Waals surface area contributed by atoms with Crippen molar-refractivity contribution >= 4 is 48.5 Å². The molecule has 0 aliphatic heterocycles. The molecular formula is C17H15BrN2O4S. The molecule has 0 unspecified atom stereocenters. The van der Waals surface area contributed by atoms with E-state index in [-0.39, 0.29) is 5.91 Å². The summed E-state index contributed by atoms with van der Waals surface area (Å²) < 4.78 is 17.8. The molecule has 0 atom stereocenters. The van der Waals surface area contributed by atoms with E-state index in [4.69, 9.17) is 14.2 Å². The summed E-state index contributed by atoms with van der Waals surface area (Å²) in [4.78, 5) is 17.0. The number of ether oxygens (including phenoxy) is 3. The van der Waals surface area contributed by atoms with Crippen LogP contribution in [0.5, 0.6) is 17.2 Å².